The van der Waals surface area contributed by atoms with E-state index in [1.165, 1.54) is 6.20 Å². The number of hydrogen-bond acceptors (Lipinski definition) is 3. The lowest BCUT2D eigenvalue weighted by Gasteiger charge is -2.06. The summed E-state index contributed by atoms with van der Waals surface area (Å²) in [5.74, 6) is -0.0819. The van der Waals surface area contributed by atoms with Crippen molar-refractivity contribution in [1.29, 1.82) is 0 Å². The molecule has 0 fully saturated rings. The van der Waals surface area contributed by atoms with E-state index in [-0.39, 0.29) is 16.8 Å². The fraction of sp³-hybridized carbons (Fsp3) is 0.0769. The Labute approximate surface area is 109 Å². The third-order valence-corrected chi connectivity index (χ3v) is 2.69. The van der Waals surface area contributed by atoms with Crippen LogP contribution in [0.1, 0.15) is 15.9 Å². The smallest absolute Gasteiger partial charge is 0.254 e. The van der Waals surface area contributed by atoms with Crippen LogP contribution in [0.5, 0.6) is 5.75 Å². The maximum absolute atomic E-state index is 11.8. The van der Waals surface area contributed by atoms with Gasteiger partial charge in [-0.1, -0.05) is 23.7 Å². The Morgan fingerprint density at radius 1 is 1.28 bits per heavy atom. The number of aromatic hydroxyl groups is 1. The predicted molar refractivity (Wildman–Crippen MR) is 68.5 cm³/mol. The normalized spacial score (nSPS) is 10.1. The van der Waals surface area contributed by atoms with Crippen molar-refractivity contribution in [2.24, 2.45) is 0 Å². The summed E-state index contributed by atoms with van der Waals surface area (Å²) in [6, 6.07) is 9.88. The number of halogens is 1. The van der Waals surface area contributed by atoms with Crippen molar-refractivity contribution in [2.75, 3.05) is 0 Å². The fourth-order valence-corrected chi connectivity index (χ4v) is 1.65. The molecular formula is C13H11ClN2O2. The number of pyridine rings is 1. The van der Waals surface area contributed by atoms with Crippen LogP contribution >= 0.6 is 11.6 Å². The molecule has 2 N–H and O–H groups in total. The maximum atomic E-state index is 11.8. The molecule has 2 aromatic rings. The third kappa shape index (κ3) is 2.99. The lowest BCUT2D eigenvalue weighted by atomic mass is 10.2. The number of nitrogens with one attached hydrogen (secondary N) is 1. The van der Waals surface area contributed by atoms with E-state index in [2.05, 4.69) is 10.3 Å². The highest BCUT2D eigenvalue weighted by Gasteiger charge is 2.09. The Kier molecular flexibility index (Phi) is 3.79. The summed E-state index contributed by atoms with van der Waals surface area (Å²) in [5.41, 5.74) is 1.24. The van der Waals surface area contributed by atoms with Crippen LogP contribution in [-0.4, -0.2) is 16.0 Å². The minimum Gasteiger partial charge on any atom is -0.508 e. The number of carbonyl (C=O) groups is 1. The molecule has 0 bridgehead atoms. The molecule has 0 spiro atoms. The van der Waals surface area contributed by atoms with Crippen molar-refractivity contribution in [3.63, 3.8) is 0 Å². The highest BCUT2D eigenvalue weighted by Crippen LogP contribution is 2.12. The van der Waals surface area contributed by atoms with E-state index in [0.29, 0.717) is 12.1 Å². The number of rotatable bonds is 3. The zero-order chi connectivity index (χ0) is 13.0. The molecule has 4 nitrogen and oxygen atoms in total. The van der Waals surface area contributed by atoms with Gasteiger partial charge in [0.1, 0.15) is 10.9 Å². The van der Waals surface area contributed by atoms with Crippen molar-refractivity contribution in [1.82, 2.24) is 10.3 Å². The van der Waals surface area contributed by atoms with Crippen LogP contribution in [0.3, 0.4) is 0 Å². The molecule has 92 valence electrons. The summed E-state index contributed by atoms with van der Waals surface area (Å²) in [6.45, 7) is 0.365. The van der Waals surface area contributed by atoms with E-state index in [1.54, 1.807) is 36.4 Å². The molecule has 0 radical (unpaired) electrons. The molecule has 0 atom stereocenters. The van der Waals surface area contributed by atoms with Gasteiger partial charge in [-0.05, 0) is 29.8 Å². The van der Waals surface area contributed by atoms with Crippen LogP contribution in [0.25, 0.3) is 0 Å². The van der Waals surface area contributed by atoms with Gasteiger partial charge in [0, 0.05) is 12.7 Å². The van der Waals surface area contributed by atoms with Crippen LogP contribution in [0.4, 0.5) is 0 Å². The molecule has 0 aliphatic rings. The minimum atomic E-state index is -0.277. The van der Waals surface area contributed by atoms with Crippen molar-refractivity contribution >= 4 is 17.5 Å². The van der Waals surface area contributed by atoms with Gasteiger partial charge >= 0.3 is 0 Å². The summed E-state index contributed by atoms with van der Waals surface area (Å²) in [4.78, 5) is 15.7. The molecular weight excluding hydrogens is 252 g/mol. The average molecular weight is 263 g/mol. The van der Waals surface area contributed by atoms with Gasteiger partial charge in [-0.2, -0.15) is 0 Å². The van der Waals surface area contributed by atoms with E-state index in [1.807, 2.05) is 0 Å². The van der Waals surface area contributed by atoms with Crippen molar-refractivity contribution in [3.8, 4) is 5.75 Å². The molecule has 0 saturated heterocycles. The van der Waals surface area contributed by atoms with Gasteiger partial charge in [0.25, 0.3) is 5.91 Å². The number of nitrogens with zero attached hydrogens (tertiary/aromatic N) is 1. The second kappa shape index (κ2) is 5.51. The monoisotopic (exact) mass is 262 g/mol. The summed E-state index contributed by atoms with van der Waals surface area (Å²) in [5, 5.41) is 12.0. The van der Waals surface area contributed by atoms with Gasteiger partial charge < -0.3 is 10.4 Å². The van der Waals surface area contributed by atoms with E-state index in [4.69, 9.17) is 16.7 Å². The first-order chi connectivity index (χ1) is 8.66. The Morgan fingerprint density at radius 2 is 2.00 bits per heavy atom. The molecule has 1 aromatic carbocycles. The molecule has 0 aliphatic heterocycles. The summed E-state index contributed by atoms with van der Waals surface area (Å²) in [7, 11) is 0. The maximum Gasteiger partial charge on any atom is 0.254 e. The highest BCUT2D eigenvalue weighted by molar-refractivity contribution is 6.32. The van der Waals surface area contributed by atoms with Crippen LogP contribution in [0.15, 0.2) is 42.6 Å². The number of phenolic OH excluding ortho intramolecular Hbond substituents is 1. The molecule has 2 rings (SSSR count). The molecule has 0 aliphatic carbocycles. The van der Waals surface area contributed by atoms with Crippen molar-refractivity contribution in [3.05, 3.63) is 58.9 Å². The zero-order valence-corrected chi connectivity index (χ0v) is 10.2. The second-order valence-electron chi connectivity index (χ2n) is 3.69. The number of carbonyl (C=O) groups excluding carboxylic acids is 1. The quantitative estimate of drug-likeness (QED) is 0.835. The summed E-state index contributed by atoms with van der Waals surface area (Å²) >= 11 is 5.82. The highest BCUT2D eigenvalue weighted by atomic mass is 35.5. The van der Waals surface area contributed by atoms with Gasteiger partial charge in [-0.25, -0.2) is 4.98 Å². The van der Waals surface area contributed by atoms with E-state index >= 15 is 0 Å². The van der Waals surface area contributed by atoms with Gasteiger partial charge in [-0.15, -0.1) is 0 Å². The number of hydrogen-bond donors (Lipinski definition) is 2. The number of phenols is 1. The zero-order valence-electron chi connectivity index (χ0n) is 9.43. The first kappa shape index (κ1) is 12.4. The standard InChI is InChI=1S/C13H11ClN2O2/c14-12-11(2-1-7-15-12)13(18)16-8-9-3-5-10(17)6-4-9/h1-7,17H,8H2,(H,16,18). The molecule has 1 heterocycles. The number of aromatic nitrogens is 1. The average Bonchev–Trinajstić information content (AvgIpc) is 2.38. The number of amides is 1. The SMILES string of the molecule is O=C(NCc1ccc(O)cc1)c1cccnc1Cl. The molecule has 18 heavy (non-hydrogen) atoms. The molecule has 1 aromatic heterocycles. The fourth-order valence-electron chi connectivity index (χ4n) is 1.45. The largest absolute Gasteiger partial charge is 0.508 e. The third-order valence-electron chi connectivity index (χ3n) is 2.39. The lowest BCUT2D eigenvalue weighted by Crippen LogP contribution is -2.23. The molecule has 0 unspecified atom stereocenters. The van der Waals surface area contributed by atoms with E-state index in [9.17, 15) is 4.79 Å². The first-order valence-corrected chi connectivity index (χ1v) is 5.71. The van der Waals surface area contributed by atoms with Crippen molar-refractivity contribution < 1.29 is 9.90 Å². The van der Waals surface area contributed by atoms with Gasteiger partial charge in [-0.3, -0.25) is 4.79 Å². The molecule has 5 heteroatoms. The summed E-state index contributed by atoms with van der Waals surface area (Å²) < 4.78 is 0. The lowest BCUT2D eigenvalue weighted by molar-refractivity contribution is 0.0950. The van der Waals surface area contributed by atoms with Crippen LogP contribution in [-0.2, 0) is 6.54 Å². The minimum absolute atomic E-state index is 0.181. The second-order valence-corrected chi connectivity index (χ2v) is 4.05. The Hall–Kier alpha value is -2.07. The van der Waals surface area contributed by atoms with Crippen molar-refractivity contribution in [2.45, 2.75) is 6.54 Å². The predicted octanol–water partition coefficient (Wildman–Crippen LogP) is 2.37. The van der Waals surface area contributed by atoms with Crippen LogP contribution in [0, 0.1) is 0 Å². The van der Waals surface area contributed by atoms with Crippen LogP contribution in [0.2, 0.25) is 5.15 Å². The van der Waals surface area contributed by atoms with E-state index < -0.39 is 0 Å². The topological polar surface area (TPSA) is 62.2 Å². The summed E-state index contributed by atoms with van der Waals surface area (Å²) in [6.07, 6.45) is 1.53. The van der Waals surface area contributed by atoms with Gasteiger partial charge in [0.2, 0.25) is 0 Å². The number of benzene rings is 1. The van der Waals surface area contributed by atoms with E-state index in [0.717, 1.165) is 5.56 Å². The van der Waals surface area contributed by atoms with Gasteiger partial charge in [0.05, 0.1) is 5.56 Å². The Bertz CT molecular complexity index is 555. The molecule has 0 saturated carbocycles. The van der Waals surface area contributed by atoms with Gasteiger partial charge in [0.15, 0.2) is 0 Å². The Balaban J connectivity index is 2.01. The first-order valence-electron chi connectivity index (χ1n) is 5.33. The Morgan fingerprint density at radius 3 is 2.67 bits per heavy atom. The van der Waals surface area contributed by atoms with Crippen LogP contribution < -0.4 is 5.32 Å². The molecule has 1 amide bonds.